The minimum absolute atomic E-state index is 0.883. The molecule has 0 aliphatic heterocycles. The Morgan fingerprint density at radius 2 is 2.36 bits per heavy atom. The molecule has 0 atom stereocenters. The van der Waals surface area contributed by atoms with Gasteiger partial charge in [-0.3, -0.25) is 4.90 Å². The van der Waals surface area contributed by atoms with Crippen LogP contribution in [0.15, 0.2) is 16.8 Å². The molecule has 78 valence electrons. The quantitative estimate of drug-likeness (QED) is 0.718. The molecule has 1 aromatic rings. The van der Waals surface area contributed by atoms with E-state index in [1.54, 1.807) is 11.3 Å². The first-order chi connectivity index (χ1) is 6.90. The molecule has 1 fully saturated rings. The average molecular weight is 274 g/mol. The Labute approximate surface area is 98.2 Å². The maximum absolute atomic E-state index is 3.50. The molecule has 0 N–H and O–H groups in total. The summed E-state index contributed by atoms with van der Waals surface area (Å²) in [5.41, 5.74) is 1.48. The lowest BCUT2D eigenvalue weighted by molar-refractivity contribution is 0.256. The van der Waals surface area contributed by atoms with Gasteiger partial charge in [0.1, 0.15) is 0 Å². The van der Waals surface area contributed by atoms with Crippen LogP contribution in [0, 0.1) is 0 Å². The van der Waals surface area contributed by atoms with Gasteiger partial charge in [-0.1, -0.05) is 15.9 Å². The topological polar surface area (TPSA) is 3.24 Å². The Morgan fingerprint density at radius 1 is 1.50 bits per heavy atom. The molecule has 1 aromatic heterocycles. The van der Waals surface area contributed by atoms with Crippen molar-refractivity contribution in [1.82, 2.24) is 4.90 Å². The third-order valence-corrected chi connectivity index (χ3v) is 3.90. The summed E-state index contributed by atoms with van der Waals surface area (Å²) in [4.78, 5) is 2.63. The molecule has 2 rings (SSSR count). The van der Waals surface area contributed by atoms with Gasteiger partial charge in [-0.2, -0.15) is 11.3 Å². The Bertz CT molecular complexity index is 256. The molecular weight excluding hydrogens is 258 g/mol. The lowest BCUT2D eigenvalue weighted by Crippen LogP contribution is -2.26. The molecule has 14 heavy (non-hydrogen) atoms. The Hall–Kier alpha value is 0.140. The molecule has 1 nitrogen and oxygen atoms in total. The number of halogens is 1. The summed E-state index contributed by atoms with van der Waals surface area (Å²) in [6.07, 6.45) is 4.08. The molecule has 1 aliphatic rings. The first-order valence-corrected chi connectivity index (χ1v) is 7.27. The average Bonchev–Trinajstić information content (AvgIpc) is 2.92. The van der Waals surface area contributed by atoms with Crippen molar-refractivity contribution in [3.8, 4) is 0 Å². The second-order valence-corrected chi connectivity index (χ2v) is 5.45. The van der Waals surface area contributed by atoms with Crippen LogP contribution in [-0.4, -0.2) is 22.8 Å². The van der Waals surface area contributed by atoms with Crippen LogP contribution in [0.1, 0.15) is 24.8 Å². The fraction of sp³-hybridized carbons (Fsp3) is 0.636. The van der Waals surface area contributed by atoms with E-state index in [0.29, 0.717) is 0 Å². The van der Waals surface area contributed by atoms with Crippen LogP contribution < -0.4 is 0 Å². The number of nitrogens with zero attached hydrogens (tertiary/aromatic N) is 1. The van der Waals surface area contributed by atoms with Crippen LogP contribution in [0.3, 0.4) is 0 Å². The third kappa shape index (κ3) is 3.07. The Kier molecular flexibility index (Phi) is 4.02. The number of thiophene rings is 1. The highest BCUT2D eigenvalue weighted by molar-refractivity contribution is 9.09. The van der Waals surface area contributed by atoms with Gasteiger partial charge < -0.3 is 0 Å². The summed E-state index contributed by atoms with van der Waals surface area (Å²) in [5, 5.41) is 5.56. The summed E-state index contributed by atoms with van der Waals surface area (Å²) in [6, 6.07) is 3.13. The molecule has 0 radical (unpaired) electrons. The van der Waals surface area contributed by atoms with Gasteiger partial charge in [-0.15, -0.1) is 0 Å². The van der Waals surface area contributed by atoms with Crippen LogP contribution in [0.4, 0.5) is 0 Å². The maximum Gasteiger partial charge on any atom is 0.0244 e. The van der Waals surface area contributed by atoms with Crippen LogP contribution in [0.5, 0.6) is 0 Å². The maximum atomic E-state index is 3.50. The van der Waals surface area contributed by atoms with Crippen molar-refractivity contribution >= 4 is 27.3 Å². The van der Waals surface area contributed by atoms with Crippen LogP contribution in [0.2, 0.25) is 0 Å². The predicted octanol–water partition coefficient (Wildman–Crippen LogP) is 3.50. The molecule has 0 bridgehead atoms. The summed E-state index contributed by atoms with van der Waals surface area (Å²) < 4.78 is 0. The SMILES string of the molecule is BrCCCN(Cc1ccsc1)C1CC1. The van der Waals surface area contributed by atoms with Gasteiger partial charge in [-0.05, 0) is 48.2 Å². The summed E-state index contributed by atoms with van der Waals surface area (Å²) in [7, 11) is 0. The molecule has 3 heteroatoms. The summed E-state index contributed by atoms with van der Waals surface area (Å²) in [5.74, 6) is 0. The van der Waals surface area contributed by atoms with Gasteiger partial charge in [0.25, 0.3) is 0 Å². The Balaban J connectivity index is 1.84. The highest BCUT2D eigenvalue weighted by Crippen LogP contribution is 2.28. The highest BCUT2D eigenvalue weighted by atomic mass is 79.9. The summed E-state index contributed by atoms with van der Waals surface area (Å²) in [6.45, 7) is 2.40. The van der Waals surface area contributed by atoms with Crippen molar-refractivity contribution in [3.05, 3.63) is 22.4 Å². The molecule has 0 saturated heterocycles. The fourth-order valence-corrected chi connectivity index (χ4v) is 2.62. The van der Waals surface area contributed by atoms with Crippen LogP contribution in [0.25, 0.3) is 0 Å². The van der Waals surface area contributed by atoms with E-state index in [-0.39, 0.29) is 0 Å². The van der Waals surface area contributed by atoms with Crippen molar-refractivity contribution in [2.24, 2.45) is 0 Å². The van der Waals surface area contributed by atoms with E-state index in [2.05, 4.69) is 37.7 Å². The van der Waals surface area contributed by atoms with Crippen molar-refractivity contribution in [3.63, 3.8) is 0 Å². The van der Waals surface area contributed by atoms with Crippen molar-refractivity contribution in [2.75, 3.05) is 11.9 Å². The van der Waals surface area contributed by atoms with Gasteiger partial charge in [-0.25, -0.2) is 0 Å². The first kappa shape index (κ1) is 10.7. The fourth-order valence-electron chi connectivity index (χ4n) is 1.71. The smallest absolute Gasteiger partial charge is 0.0244 e. The zero-order chi connectivity index (χ0) is 9.80. The van der Waals surface area contributed by atoms with Crippen molar-refractivity contribution < 1.29 is 0 Å². The van der Waals surface area contributed by atoms with Gasteiger partial charge in [0, 0.05) is 17.9 Å². The zero-order valence-corrected chi connectivity index (χ0v) is 10.7. The minimum atomic E-state index is 0.883. The van der Waals surface area contributed by atoms with E-state index < -0.39 is 0 Å². The summed E-state index contributed by atoms with van der Waals surface area (Å²) >= 11 is 5.30. The van der Waals surface area contributed by atoms with Crippen LogP contribution >= 0.6 is 27.3 Å². The first-order valence-electron chi connectivity index (χ1n) is 5.21. The van der Waals surface area contributed by atoms with E-state index in [1.807, 2.05) is 0 Å². The van der Waals surface area contributed by atoms with Gasteiger partial charge in [0.2, 0.25) is 0 Å². The standard InChI is InChI=1S/C11H16BrNS/c12-5-1-6-13(11-2-3-11)8-10-4-7-14-9-10/h4,7,9,11H,1-3,5-6,8H2. The largest absolute Gasteiger partial charge is 0.296 e. The second kappa shape index (κ2) is 5.29. The molecule has 1 aliphatic carbocycles. The molecule has 0 unspecified atom stereocenters. The normalized spacial score (nSPS) is 16.4. The lowest BCUT2D eigenvalue weighted by Gasteiger charge is -2.20. The van der Waals surface area contributed by atoms with E-state index in [9.17, 15) is 0 Å². The molecule has 1 saturated carbocycles. The van der Waals surface area contributed by atoms with Crippen molar-refractivity contribution in [2.45, 2.75) is 31.8 Å². The lowest BCUT2D eigenvalue weighted by atomic mass is 10.3. The predicted molar refractivity (Wildman–Crippen MR) is 66.2 cm³/mol. The molecular formula is C11H16BrNS. The van der Waals surface area contributed by atoms with Crippen LogP contribution in [-0.2, 0) is 6.54 Å². The molecule has 0 spiro atoms. The number of hydrogen-bond acceptors (Lipinski definition) is 2. The zero-order valence-electron chi connectivity index (χ0n) is 8.29. The Morgan fingerprint density at radius 3 is 2.93 bits per heavy atom. The van der Waals surface area contributed by atoms with E-state index in [1.165, 1.54) is 31.4 Å². The molecule has 1 heterocycles. The monoisotopic (exact) mass is 273 g/mol. The van der Waals surface area contributed by atoms with Gasteiger partial charge in [0.05, 0.1) is 0 Å². The van der Waals surface area contributed by atoms with E-state index in [4.69, 9.17) is 0 Å². The number of alkyl halides is 1. The number of hydrogen-bond donors (Lipinski definition) is 0. The number of rotatable bonds is 6. The van der Waals surface area contributed by atoms with Crippen molar-refractivity contribution in [1.29, 1.82) is 0 Å². The van der Waals surface area contributed by atoms with Gasteiger partial charge >= 0.3 is 0 Å². The van der Waals surface area contributed by atoms with Gasteiger partial charge in [0.15, 0.2) is 0 Å². The molecule has 0 aromatic carbocycles. The minimum Gasteiger partial charge on any atom is -0.296 e. The molecule has 0 amide bonds. The van der Waals surface area contributed by atoms with E-state index >= 15 is 0 Å². The third-order valence-electron chi connectivity index (χ3n) is 2.61. The highest BCUT2D eigenvalue weighted by Gasteiger charge is 2.28. The second-order valence-electron chi connectivity index (χ2n) is 3.88. The van der Waals surface area contributed by atoms with E-state index in [0.717, 1.165) is 17.9 Å².